The number of hydrogen-bond acceptors (Lipinski definition) is 4. The molecule has 0 aromatic rings. The smallest absolute Gasteiger partial charge is 0.156 e. The van der Waals surface area contributed by atoms with E-state index in [0.29, 0.717) is 12.6 Å². The lowest BCUT2D eigenvalue weighted by Crippen LogP contribution is -2.45. The molecular formula is C13H27NO3S. The van der Waals surface area contributed by atoms with E-state index in [0.717, 1.165) is 13.0 Å². The van der Waals surface area contributed by atoms with Crippen LogP contribution in [0.25, 0.3) is 0 Å². The minimum absolute atomic E-state index is 0.176. The van der Waals surface area contributed by atoms with Gasteiger partial charge in [-0.05, 0) is 40.0 Å². The third-order valence-corrected chi connectivity index (χ3v) is 6.36. The lowest BCUT2D eigenvalue weighted by molar-refractivity contribution is 0.123. The molecule has 108 valence electrons. The second-order valence-corrected chi connectivity index (χ2v) is 8.99. The van der Waals surface area contributed by atoms with E-state index in [2.05, 4.69) is 4.90 Å². The first-order valence-corrected chi connectivity index (χ1v) is 8.50. The minimum Gasteiger partial charge on any atom is -0.396 e. The molecule has 0 saturated heterocycles. The first-order chi connectivity index (χ1) is 8.28. The van der Waals surface area contributed by atoms with Crippen molar-refractivity contribution in [3.05, 3.63) is 0 Å². The highest BCUT2D eigenvalue weighted by Crippen LogP contribution is 2.25. The van der Waals surface area contributed by atoms with E-state index < -0.39 is 14.6 Å². The molecule has 1 aliphatic carbocycles. The highest BCUT2D eigenvalue weighted by atomic mass is 32.2. The van der Waals surface area contributed by atoms with E-state index in [9.17, 15) is 8.42 Å². The van der Waals surface area contributed by atoms with Crippen LogP contribution in [0.5, 0.6) is 0 Å². The van der Waals surface area contributed by atoms with Crippen LogP contribution in [-0.2, 0) is 9.84 Å². The van der Waals surface area contributed by atoms with Crippen molar-refractivity contribution in [1.29, 1.82) is 0 Å². The molecule has 18 heavy (non-hydrogen) atoms. The predicted molar refractivity (Wildman–Crippen MR) is 74.5 cm³/mol. The van der Waals surface area contributed by atoms with E-state index in [1.54, 1.807) is 20.8 Å². The van der Waals surface area contributed by atoms with Crippen LogP contribution in [0.4, 0.5) is 0 Å². The Bertz CT molecular complexity index is 342. The van der Waals surface area contributed by atoms with Gasteiger partial charge in [0.1, 0.15) is 0 Å². The number of hydrogen-bond donors (Lipinski definition) is 1. The molecule has 0 aliphatic heterocycles. The standard InChI is InChI=1S/C13H27NO3S/c1-13(2,3)18(16,17)11-9-14(8-5-10-15)12-6-4-7-12/h12,15H,4-11H2,1-3H3. The van der Waals surface area contributed by atoms with Gasteiger partial charge in [0, 0.05) is 25.7 Å². The van der Waals surface area contributed by atoms with Crippen LogP contribution < -0.4 is 0 Å². The number of aliphatic hydroxyl groups is 1. The summed E-state index contributed by atoms with van der Waals surface area (Å²) in [6.07, 6.45) is 4.31. The molecule has 0 bridgehead atoms. The van der Waals surface area contributed by atoms with Crippen LogP contribution in [-0.4, -0.2) is 54.7 Å². The monoisotopic (exact) mass is 277 g/mol. The van der Waals surface area contributed by atoms with Gasteiger partial charge in [-0.2, -0.15) is 0 Å². The molecule has 0 spiro atoms. The Balaban J connectivity index is 2.51. The van der Waals surface area contributed by atoms with Gasteiger partial charge < -0.3 is 5.11 Å². The third kappa shape index (κ3) is 4.21. The zero-order chi connectivity index (χ0) is 13.8. The van der Waals surface area contributed by atoms with Gasteiger partial charge >= 0.3 is 0 Å². The Hall–Kier alpha value is -0.130. The van der Waals surface area contributed by atoms with Crippen LogP contribution >= 0.6 is 0 Å². The van der Waals surface area contributed by atoms with Crippen molar-refractivity contribution in [2.75, 3.05) is 25.4 Å². The topological polar surface area (TPSA) is 57.6 Å². The lowest BCUT2D eigenvalue weighted by Gasteiger charge is -2.38. The molecule has 1 fully saturated rings. The van der Waals surface area contributed by atoms with Gasteiger partial charge in [-0.15, -0.1) is 0 Å². The molecule has 1 rings (SSSR count). The summed E-state index contributed by atoms with van der Waals surface area (Å²) in [5.74, 6) is 0.221. The van der Waals surface area contributed by atoms with E-state index >= 15 is 0 Å². The SMILES string of the molecule is CC(C)(C)S(=O)(=O)CCN(CCCO)C1CCC1. The second kappa shape index (κ2) is 6.35. The Labute approximate surface area is 111 Å². The fourth-order valence-corrected chi connectivity index (χ4v) is 3.13. The molecule has 1 aliphatic rings. The highest BCUT2D eigenvalue weighted by molar-refractivity contribution is 7.92. The van der Waals surface area contributed by atoms with Gasteiger partial charge in [0.05, 0.1) is 10.5 Å². The summed E-state index contributed by atoms with van der Waals surface area (Å²) in [4.78, 5) is 2.24. The van der Waals surface area contributed by atoms with Gasteiger partial charge in [-0.25, -0.2) is 8.42 Å². The normalized spacial score (nSPS) is 18.1. The summed E-state index contributed by atoms with van der Waals surface area (Å²) in [7, 11) is -3.04. The molecule has 0 atom stereocenters. The number of aliphatic hydroxyl groups excluding tert-OH is 1. The van der Waals surface area contributed by atoms with Crippen molar-refractivity contribution in [1.82, 2.24) is 4.90 Å². The summed E-state index contributed by atoms with van der Waals surface area (Å²) < 4.78 is 23.5. The number of nitrogens with zero attached hydrogens (tertiary/aromatic N) is 1. The Morgan fingerprint density at radius 1 is 1.22 bits per heavy atom. The van der Waals surface area contributed by atoms with Gasteiger partial charge in [0.15, 0.2) is 9.84 Å². The maximum atomic E-state index is 12.1. The van der Waals surface area contributed by atoms with Crippen LogP contribution in [0.15, 0.2) is 0 Å². The van der Waals surface area contributed by atoms with Gasteiger partial charge in [-0.1, -0.05) is 6.42 Å². The summed E-state index contributed by atoms with van der Waals surface area (Å²) in [6, 6.07) is 0.534. The average Bonchev–Trinajstić information content (AvgIpc) is 2.17. The van der Waals surface area contributed by atoms with Crippen molar-refractivity contribution >= 4 is 9.84 Å². The van der Waals surface area contributed by atoms with Crippen LogP contribution in [0.3, 0.4) is 0 Å². The molecular weight excluding hydrogens is 250 g/mol. The quantitative estimate of drug-likeness (QED) is 0.765. The van der Waals surface area contributed by atoms with Gasteiger partial charge in [-0.3, -0.25) is 4.90 Å². The molecule has 0 amide bonds. The first-order valence-electron chi connectivity index (χ1n) is 6.85. The molecule has 5 heteroatoms. The lowest BCUT2D eigenvalue weighted by atomic mass is 9.91. The van der Waals surface area contributed by atoms with Crippen LogP contribution in [0, 0.1) is 0 Å². The van der Waals surface area contributed by atoms with Crippen molar-refractivity contribution < 1.29 is 13.5 Å². The van der Waals surface area contributed by atoms with E-state index in [1.807, 2.05) is 0 Å². The molecule has 0 aromatic heterocycles. The number of rotatable bonds is 7. The maximum Gasteiger partial charge on any atom is 0.156 e. The summed E-state index contributed by atoms with van der Waals surface area (Å²) in [5, 5.41) is 8.90. The van der Waals surface area contributed by atoms with Crippen LogP contribution in [0.2, 0.25) is 0 Å². The molecule has 0 unspecified atom stereocenters. The van der Waals surface area contributed by atoms with Gasteiger partial charge in [0.2, 0.25) is 0 Å². The van der Waals surface area contributed by atoms with E-state index in [4.69, 9.17) is 5.11 Å². The maximum absolute atomic E-state index is 12.1. The van der Waals surface area contributed by atoms with E-state index in [-0.39, 0.29) is 12.4 Å². The number of sulfone groups is 1. The minimum atomic E-state index is -3.04. The average molecular weight is 277 g/mol. The van der Waals surface area contributed by atoms with Crippen LogP contribution in [0.1, 0.15) is 46.5 Å². The largest absolute Gasteiger partial charge is 0.396 e. The summed E-state index contributed by atoms with van der Waals surface area (Å²) in [5.41, 5.74) is 0. The van der Waals surface area contributed by atoms with Crippen molar-refractivity contribution in [2.24, 2.45) is 0 Å². The molecule has 4 nitrogen and oxygen atoms in total. The molecule has 1 N–H and O–H groups in total. The summed E-state index contributed by atoms with van der Waals surface area (Å²) in [6.45, 7) is 6.84. The molecule has 0 heterocycles. The fourth-order valence-electron chi connectivity index (χ4n) is 2.05. The molecule has 1 saturated carbocycles. The Kier molecular flexibility index (Phi) is 5.62. The van der Waals surface area contributed by atoms with Crippen molar-refractivity contribution in [3.8, 4) is 0 Å². The fraction of sp³-hybridized carbons (Fsp3) is 1.00. The third-order valence-electron chi connectivity index (χ3n) is 3.77. The highest BCUT2D eigenvalue weighted by Gasteiger charge is 2.31. The Morgan fingerprint density at radius 3 is 2.22 bits per heavy atom. The predicted octanol–water partition coefficient (Wildman–Crippen LogP) is 1.44. The van der Waals surface area contributed by atoms with Crippen molar-refractivity contribution in [3.63, 3.8) is 0 Å². The molecule has 0 aromatic carbocycles. The first kappa shape index (κ1) is 15.9. The summed E-state index contributed by atoms with van der Waals surface area (Å²) >= 11 is 0. The van der Waals surface area contributed by atoms with Gasteiger partial charge in [0.25, 0.3) is 0 Å². The molecule has 0 radical (unpaired) electrons. The Morgan fingerprint density at radius 2 is 1.83 bits per heavy atom. The zero-order valence-corrected chi connectivity index (χ0v) is 12.7. The van der Waals surface area contributed by atoms with Crippen molar-refractivity contribution in [2.45, 2.75) is 57.2 Å². The van der Waals surface area contributed by atoms with E-state index in [1.165, 1.54) is 19.3 Å². The zero-order valence-electron chi connectivity index (χ0n) is 11.9. The second-order valence-electron chi connectivity index (χ2n) is 6.13.